The molecule has 0 aliphatic carbocycles. The highest BCUT2D eigenvalue weighted by Gasteiger charge is 2.11. The first-order chi connectivity index (χ1) is 12.1. The number of Topliss-reactive ketones (excluding diaryl/α,β-unsaturated/α-hetero) is 1. The average Bonchev–Trinajstić information content (AvgIpc) is 2.65. The van der Waals surface area contributed by atoms with Crippen molar-refractivity contribution in [3.05, 3.63) is 96.3 Å². The fraction of sp³-hybridized carbons (Fsp3) is 0.0455. The van der Waals surface area contributed by atoms with Gasteiger partial charge in [-0.25, -0.2) is 0 Å². The summed E-state index contributed by atoms with van der Waals surface area (Å²) in [5.74, 6) is -0.588. The summed E-state index contributed by atoms with van der Waals surface area (Å²) in [6, 6.07) is 28.0. The minimum atomic E-state index is -0.348. The molecule has 0 saturated carbocycles. The molecule has 0 spiro atoms. The molecule has 124 valence electrons. The van der Waals surface area contributed by atoms with Gasteiger partial charge in [-0.1, -0.05) is 48.5 Å². The lowest BCUT2D eigenvalue weighted by atomic mass is 10.1. The van der Waals surface area contributed by atoms with E-state index >= 15 is 0 Å². The Labute approximate surface area is 147 Å². The summed E-state index contributed by atoms with van der Waals surface area (Å²) in [5.41, 5.74) is 3.89. The van der Waals surface area contributed by atoms with Crippen LogP contribution in [0.1, 0.15) is 12.5 Å². The van der Waals surface area contributed by atoms with Crippen LogP contribution in [-0.2, 0) is 4.79 Å². The monoisotopic (exact) mass is 329 g/mol. The number of ketones is 1. The molecule has 0 radical (unpaired) electrons. The van der Waals surface area contributed by atoms with Crippen LogP contribution in [0.3, 0.4) is 0 Å². The lowest BCUT2D eigenvalue weighted by molar-refractivity contribution is -0.115. The first kappa shape index (κ1) is 16.5. The van der Waals surface area contributed by atoms with E-state index in [-0.39, 0.29) is 11.5 Å². The number of anilines is 3. The number of carbonyl (C=O) groups is 1. The van der Waals surface area contributed by atoms with E-state index in [4.69, 9.17) is 0 Å². The summed E-state index contributed by atoms with van der Waals surface area (Å²) in [5, 5.41) is 9.62. The van der Waals surface area contributed by atoms with Crippen LogP contribution in [0.15, 0.2) is 90.7 Å². The van der Waals surface area contributed by atoms with E-state index < -0.39 is 0 Å². The molecule has 1 N–H and O–H groups in total. The Morgan fingerprint density at radius 1 is 0.760 bits per heavy atom. The predicted octanol–water partition coefficient (Wildman–Crippen LogP) is 5.64. The maximum atomic E-state index is 11.2. The van der Waals surface area contributed by atoms with Gasteiger partial charge in [-0.15, -0.1) is 0 Å². The first-order valence-electron chi connectivity index (χ1n) is 8.07. The molecule has 0 bridgehead atoms. The summed E-state index contributed by atoms with van der Waals surface area (Å²) in [4.78, 5) is 13.3. The zero-order chi connectivity index (χ0) is 17.6. The Balaban J connectivity index is 2.00. The highest BCUT2D eigenvalue weighted by atomic mass is 16.3. The van der Waals surface area contributed by atoms with Crippen molar-refractivity contribution in [3.8, 4) is 0 Å². The third kappa shape index (κ3) is 3.96. The molecule has 3 nitrogen and oxygen atoms in total. The second-order valence-corrected chi connectivity index (χ2v) is 5.68. The van der Waals surface area contributed by atoms with E-state index in [0.717, 1.165) is 22.6 Å². The van der Waals surface area contributed by atoms with Crippen LogP contribution < -0.4 is 4.90 Å². The Morgan fingerprint density at radius 3 is 1.64 bits per heavy atom. The van der Waals surface area contributed by atoms with E-state index in [9.17, 15) is 9.90 Å². The quantitative estimate of drug-likeness (QED) is 0.486. The number of hydrogen-bond donors (Lipinski definition) is 1. The van der Waals surface area contributed by atoms with E-state index in [2.05, 4.69) is 29.2 Å². The number of rotatable bonds is 5. The van der Waals surface area contributed by atoms with Gasteiger partial charge < -0.3 is 10.0 Å². The van der Waals surface area contributed by atoms with Crippen molar-refractivity contribution in [1.29, 1.82) is 0 Å². The summed E-state index contributed by atoms with van der Waals surface area (Å²) in [6.07, 6.45) is 1.47. The van der Waals surface area contributed by atoms with Crippen molar-refractivity contribution >= 4 is 28.9 Å². The smallest absolute Gasteiger partial charge is 0.194 e. The molecule has 3 rings (SSSR count). The number of aliphatic hydroxyl groups is 1. The molecular formula is C22H19NO2. The van der Waals surface area contributed by atoms with Gasteiger partial charge in [0.25, 0.3) is 0 Å². The zero-order valence-corrected chi connectivity index (χ0v) is 14.0. The maximum absolute atomic E-state index is 11.2. The maximum Gasteiger partial charge on any atom is 0.194 e. The van der Waals surface area contributed by atoms with Gasteiger partial charge >= 0.3 is 0 Å². The number of aliphatic hydroxyl groups excluding tert-OH is 1. The molecule has 25 heavy (non-hydrogen) atoms. The molecule has 3 aromatic rings. The van der Waals surface area contributed by atoms with E-state index in [1.165, 1.54) is 13.0 Å². The summed E-state index contributed by atoms with van der Waals surface area (Å²) >= 11 is 0. The Bertz CT molecular complexity index is 829. The van der Waals surface area contributed by atoms with Crippen molar-refractivity contribution in [2.24, 2.45) is 0 Å². The van der Waals surface area contributed by atoms with Gasteiger partial charge in [-0.3, -0.25) is 4.79 Å². The van der Waals surface area contributed by atoms with Crippen molar-refractivity contribution in [2.45, 2.75) is 6.92 Å². The molecule has 0 atom stereocenters. The van der Waals surface area contributed by atoms with Gasteiger partial charge in [-0.2, -0.15) is 0 Å². The van der Waals surface area contributed by atoms with Crippen LogP contribution >= 0.6 is 0 Å². The number of nitrogens with zero attached hydrogens (tertiary/aromatic N) is 1. The normalized spacial score (nSPS) is 11.2. The van der Waals surface area contributed by atoms with Crippen LogP contribution in [-0.4, -0.2) is 10.9 Å². The Hall–Kier alpha value is -3.33. The number of benzene rings is 3. The fourth-order valence-electron chi connectivity index (χ4n) is 2.58. The minimum absolute atomic E-state index is 0.240. The molecule has 0 saturated heterocycles. The number of para-hydroxylation sites is 2. The second kappa shape index (κ2) is 7.49. The summed E-state index contributed by atoms with van der Waals surface area (Å²) in [7, 11) is 0. The molecule has 0 aliphatic heterocycles. The standard InChI is InChI=1S/C22H19NO2/c1-17(24)22(25)16-18-12-14-21(15-13-18)23(19-8-4-2-5-9-19)20-10-6-3-7-11-20/h2-16,25H,1H3/b22-16+. The topological polar surface area (TPSA) is 40.5 Å². The van der Waals surface area contributed by atoms with Gasteiger partial charge in [0.15, 0.2) is 11.5 Å². The van der Waals surface area contributed by atoms with Crippen molar-refractivity contribution < 1.29 is 9.90 Å². The SMILES string of the molecule is CC(=O)/C(O)=C\c1ccc(N(c2ccccc2)c2ccccc2)cc1. The molecule has 0 aliphatic rings. The highest BCUT2D eigenvalue weighted by molar-refractivity contribution is 5.95. The van der Waals surface area contributed by atoms with Gasteiger partial charge in [-0.05, 0) is 48.0 Å². The third-order valence-electron chi connectivity index (χ3n) is 3.84. The zero-order valence-electron chi connectivity index (χ0n) is 14.0. The summed E-state index contributed by atoms with van der Waals surface area (Å²) < 4.78 is 0. The van der Waals surface area contributed by atoms with Crippen molar-refractivity contribution in [1.82, 2.24) is 0 Å². The molecule has 0 fully saturated rings. The second-order valence-electron chi connectivity index (χ2n) is 5.68. The van der Waals surface area contributed by atoms with E-state index in [1.807, 2.05) is 60.7 Å². The summed E-state index contributed by atoms with van der Waals surface area (Å²) in [6.45, 7) is 1.34. The van der Waals surface area contributed by atoms with Gasteiger partial charge in [0, 0.05) is 24.0 Å². The molecule has 0 amide bonds. The average molecular weight is 329 g/mol. The van der Waals surface area contributed by atoms with Crippen LogP contribution in [0, 0.1) is 0 Å². The third-order valence-corrected chi connectivity index (χ3v) is 3.84. The van der Waals surface area contributed by atoms with E-state index in [0.29, 0.717) is 0 Å². The molecule has 3 heteroatoms. The van der Waals surface area contributed by atoms with Crippen LogP contribution in [0.4, 0.5) is 17.1 Å². The van der Waals surface area contributed by atoms with E-state index in [1.54, 1.807) is 0 Å². The largest absolute Gasteiger partial charge is 0.504 e. The number of hydrogen-bond acceptors (Lipinski definition) is 3. The van der Waals surface area contributed by atoms with Crippen molar-refractivity contribution in [3.63, 3.8) is 0 Å². The van der Waals surface area contributed by atoms with Crippen LogP contribution in [0.5, 0.6) is 0 Å². The number of carbonyl (C=O) groups excluding carboxylic acids is 1. The Kier molecular flexibility index (Phi) is 4.95. The Morgan fingerprint density at radius 2 is 1.20 bits per heavy atom. The molecule has 3 aromatic carbocycles. The van der Waals surface area contributed by atoms with Crippen molar-refractivity contribution in [2.75, 3.05) is 4.90 Å². The minimum Gasteiger partial charge on any atom is -0.504 e. The van der Waals surface area contributed by atoms with Gasteiger partial charge in [0.05, 0.1) is 0 Å². The highest BCUT2D eigenvalue weighted by Crippen LogP contribution is 2.34. The fourth-order valence-corrected chi connectivity index (χ4v) is 2.58. The molecule has 0 heterocycles. The predicted molar refractivity (Wildman–Crippen MR) is 102 cm³/mol. The first-order valence-corrected chi connectivity index (χ1v) is 8.07. The van der Waals surface area contributed by atoms with Gasteiger partial charge in [0.1, 0.15) is 0 Å². The van der Waals surface area contributed by atoms with Crippen LogP contribution in [0.2, 0.25) is 0 Å². The molecule has 0 unspecified atom stereocenters. The molecule has 0 aromatic heterocycles. The van der Waals surface area contributed by atoms with Gasteiger partial charge in [0.2, 0.25) is 0 Å². The lowest BCUT2D eigenvalue weighted by Gasteiger charge is -2.25. The molecular weight excluding hydrogens is 310 g/mol. The lowest BCUT2D eigenvalue weighted by Crippen LogP contribution is -2.09. The van der Waals surface area contributed by atoms with Crippen LogP contribution in [0.25, 0.3) is 6.08 Å². The number of allylic oxidation sites excluding steroid dienone is 1.